The van der Waals surface area contributed by atoms with E-state index in [0.29, 0.717) is 0 Å². The maximum absolute atomic E-state index is 12.5. The molecule has 0 heterocycles. The van der Waals surface area contributed by atoms with E-state index in [1.165, 1.54) is 0 Å². The van der Waals surface area contributed by atoms with Crippen molar-refractivity contribution in [2.75, 3.05) is 0 Å². The molecule has 0 fully saturated rings. The third kappa shape index (κ3) is 3.24. The molecule has 20 heavy (non-hydrogen) atoms. The second kappa shape index (κ2) is 6.53. The molecule has 2 rings (SSSR count). The highest BCUT2D eigenvalue weighted by Crippen LogP contribution is 2.24. The fraction of sp³-hybridized carbons (Fsp3) is 0.176. The highest BCUT2D eigenvalue weighted by Gasteiger charge is 2.23. The Balaban J connectivity index is 2.36. The summed E-state index contributed by atoms with van der Waals surface area (Å²) in [6.07, 6.45) is 0. The first kappa shape index (κ1) is 13.8. The van der Waals surface area contributed by atoms with Crippen LogP contribution in [0, 0.1) is 11.3 Å². The van der Waals surface area contributed by atoms with Crippen LogP contribution in [0.15, 0.2) is 60.7 Å². The zero-order chi connectivity index (χ0) is 14.4. The molecule has 0 aromatic heterocycles. The second-order valence-electron chi connectivity index (χ2n) is 4.61. The van der Waals surface area contributed by atoms with Gasteiger partial charge in [0.05, 0.1) is 12.0 Å². The number of nitriles is 1. The van der Waals surface area contributed by atoms with Crippen molar-refractivity contribution < 1.29 is 4.79 Å². The van der Waals surface area contributed by atoms with Crippen LogP contribution in [-0.2, 0) is 4.79 Å². The molecule has 0 radical (unpaired) electrons. The summed E-state index contributed by atoms with van der Waals surface area (Å²) in [7, 11) is 0. The number of nitrogens with one attached hydrogen (secondary N) is 1. The Kier molecular flexibility index (Phi) is 4.52. The Bertz CT molecular complexity index is 562. The van der Waals surface area contributed by atoms with Crippen LogP contribution in [0.4, 0.5) is 0 Å². The van der Waals surface area contributed by atoms with E-state index in [9.17, 15) is 4.79 Å². The van der Waals surface area contributed by atoms with Gasteiger partial charge in [0.15, 0.2) is 0 Å². The highest BCUT2D eigenvalue weighted by molar-refractivity contribution is 5.87. The van der Waals surface area contributed by atoms with Gasteiger partial charge in [-0.15, -0.1) is 0 Å². The summed E-state index contributed by atoms with van der Waals surface area (Å²) in [5.74, 6) is -0.551. The molecule has 1 unspecified atom stereocenters. The third-order valence-corrected chi connectivity index (χ3v) is 3.08. The Hall–Kier alpha value is -2.60. The predicted molar refractivity (Wildman–Crippen MR) is 77.9 cm³/mol. The average molecular weight is 264 g/mol. The number of amides is 1. The molecule has 2 aromatic carbocycles. The summed E-state index contributed by atoms with van der Waals surface area (Å²) >= 11 is 0. The van der Waals surface area contributed by atoms with E-state index in [1.807, 2.05) is 66.7 Å². The van der Waals surface area contributed by atoms with Gasteiger partial charge in [0.1, 0.15) is 6.04 Å². The fourth-order valence-electron chi connectivity index (χ4n) is 2.12. The molecule has 0 saturated carbocycles. The normalized spacial score (nSPS) is 11.7. The van der Waals surface area contributed by atoms with E-state index >= 15 is 0 Å². The van der Waals surface area contributed by atoms with E-state index < -0.39 is 12.0 Å². The summed E-state index contributed by atoms with van der Waals surface area (Å²) in [6.45, 7) is 1.67. The lowest BCUT2D eigenvalue weighted by molar-refractivity contribution is -0.122. The molecule has 3 nitrogen and oxygen atoms in total. The molecule has 100 valence electrons. The second-order valence-corrected chi connectivity index (χ2v) is 4.61. The summed E-state index contributed by atoms with van der Waals surface area (Å²) in [4.78, 5) is 12.5. The van der Waals surface area contributed by atoms with Crippen LogP contribution >= 0.6 is 0 Å². The van der Waals surface area contributed by atoms with Gasteiger partial charge in [-0.25, -0.2) is 0 Å². The van der Waals surface area contributed by atoms with Crippen molar-refractivity contribution >= 4 is 5.91 Å². The van der Waals surface area contributed by atoms with Crippen molar-refractivity contribution in [2.24, 2.45) is 0 Å². The Morgan fingerprint density at radius 2 is 1.45 bits per heavy atom. The SMILES string of the molecule is CC(C#N)NC(=O)C(c1ccccc1)c1ccccc1. The molecule has 2 aromatic rings. The molecule has 3 heteroatoms. The molecule has 1 amide bonds. The summed E-state index contributed by atoms with van der Waals surface area (Å²) in [5, 5.41) is 11.6. The first-order valence-corrected chi connectivity index (χ1v) is 6.52. The maximum atomic E-state index is 12.5. The van der Waals surface area contributed by atoms with Crippen LogP contribution in [0.2, 0.25) is 0 Å². The van der Waals surface area contributed by atoms with E-state index in [1.54, 1.807) is 6.92 Å². The van der Waals surface area contributed by atoms with Gasteiger partial charge in [-0.3, -0.25) is 4.79 Å². The lowest BCUT2D eigenvalue weighted by atomic mass is 9.90. The van der Waals surface area contributed by atoms with Crippen LogP contribution in [0.3, 0.4) is 0 Å². The Morgan fingerprint density at radius 1 is 1.00 bits per heavy atom. The molecule has 1 N–H and O–H groups in total. The first-order chi connectivity index (χ1) is 9.72. The lowest BCUT2D eigenvalue weighted by Crippen LogP contribution is -2.35. The quantitative estimate of drug-likeness (QED) is 0.923. The molecule has 0 aliphatic carbocycles. The van der Waals surface area contributed by atoms with E-state index in [4.69, 9.17) is 5.26 Å². The van der Waals surface area contributed by atoms with Gasteiger partial charge in [0, 0.05) is 0 Å². The third-order valence-electron chi connectivity index (χ3n) is 3.08. The van der Waals surface area contributed by atoms with Gasteiger partial charge >= 0.3 is 0 Å². The zero-order valence-electron chi connectivity index (χ0n) is 11.3. The molecule has 0 aliphatic heterocycles. The van der Waals surface area contributed by atoms with Crippen molar-refractivity contribution in [3.05, 3.63) is 71.8 Å². The van der Waals surface area contributed by atoms with Crippen molar-refractivity contribution in [3.8, 4) is 6.07 Å². The van der Waals surface area contributed by atoms with Crippen LogP contribution in [-0.4, -0.2) is 11.9 Å². The summed E-state index contributed by atoms with van der Waals surface area (Å²) < 4.78 is 0. The Labute approximate surface area is 118 Å². The van der Waals surface area contributed by atoms with E-state index in [2.05, 4.69) is 5.32 Å². The maximum Gasteiger partial charge on any atom is 0.233 e. The molecular weight excluding hydrogens is 248 g/mol. The number of benzene rings is 2. The number of carbonyl (C=O) groups is 1. The molecule has 0 saturated heterocycles. The topological polar surface area (TPSA) is 52.9 Å². The van der Waals surface area contributed by atoms with Gasteiger partial charge in [-0.05, 0) is 18.1 Å². The predicted octanol–water partition coefficient (Wildman–Crippen LogP) is 2.85. The van der Waals surface area contributed by atoms with Crippen LogP contribution < -0.4 is 5.32 Å². The van der Waals surface area contributed by atoms with Gasteiger partial charge in [-0.2, -0.15) is 5.26 Å². The highest BCUT2D eigenvalue weighted by atomic mass is 16.1. The van der Waals surface area contributed by atoms with Crippen LogP contribution in [0.5, 0.6) is 0 Å². The summed E-state index contributed by atoms with van der Waals surface area (Å²) in [6, 6.07) is 20.7. The molecule has 0 bridgehead atoms. The number of rotatable bonds is 4. The van der Waals surface area contributed by atoms with Crippen LogP contribution in [0.25, 0.3) is 0 Å². The molecular formula is C17H16N2O. The minimum absolute atomic E-state index is 0.156. The summed E-state index contributed by atoms with van der Waals surface area (Å²) in [5.41, 5.74) is 1.84. The van der Waals surface area contributed by atoms with Gasteiger partial charge < -0.3 is 5.32 Å². The molecule has 0 aliphatic rings. The van der Waals surface area contributed by atoms with Crippen molar-refractivity contribution in [3.63, 3.8) is 0 Å². The van der Waals surface area contributed by atoms with Gasteiger partial charge in [0.2, 0.25) is 5.91 Å². The number of nitrogens with zero attached hydrogens (tertiary/aromatic N) is 1. The average Bonchev–Trinajstić information content (AvgIpc) is 2.49. The smallest absolute Gasteiger partial charge is 0.233 e. The molecule has 1 atom stereocenters. The largest absolute Gasteiger partial charge is 0.340 e. The van der Waals surface area contributed by atoms with Gasteiger partial charge in [0.25, 0.3) is 0 Å². The standard InChI is InChI=1S/C17H16N2O/c1-13(12-18)19-17(20)16(14-8-4-2-5-9-14)15-10-6-3-7-11-15/h2-11,13,16H,1H3,(H,19,20). The number of hydrogen-bond acceptors (Lipinski definition) is 2. The van der Waals surface area contributed by atoms with E-state index in [0.717, 1.165) is 11.1 Å². The van der Waals surface area contributed by atoms with Crippen molar-refractivity contribution in [1.82, 2.24) is 5.32 Å². The first-order valence-electron chi connectivity index (χ1n) is 6.52. The number of carbonyl (C=O) groups excluding carboxylic acids is 1. The van der Waals surface area contributed by atoms with Crippen molar-refractivity contribution in [2.45, 2.75) is 18.9 Å². The number of hydrogen-bond donors (Lipinski definition) is 1. The van der Waals surface area contributed by atoms with Gasteiger partial charge in [-0.1, -0.05) is 60.7 Å². The van der Waals surface area contributed by atoms with Crippen LogP contribution in [0.1, 0.15) is 24.0 Å². The van der Waals surface area contributed by atoms with E-state index in [-0.39, 0.29) is 5.91 Å². The minimum Gasteiger partial charge on any atom is -0.340 e. The fourth-order valence-corrected chi connectivity index (χ4v) is 2.12. The zero-order valence-corrected chi connectivity index (χ0v) is 11.3. The Morgan fingerprint density at radius 3 is 1.85 bits per heavy atom. The minimum atomic E-state index is -0.502. The monoisotopic (exact) mass is 264 g/mol. The van der Waals surface area contributed by atoms with Crippen molar-refractivity contribution in [1.29, 1.82) is 5.26 Å². The lowest BCUT2D eigenvalue weighted by Gasteiger charge is -2.18. The molecule has 0 spiro atoms.